The monoisotopic (exact) mass is 308 g/mol. The van der Waals surface area contributed by atoms with Crippen LogP contribution in [0.5, 0.6) is 0 Å². The van der Waals surface area contributed by atoms with E-state index >= 15 is 0 Å². The second kappa shape index (κ2) is 5.48. The number of halogens is 2. The molecule has 2 nitrogen and oxygen atoms in total. The molecule has 2 aromatic rings. The van der Waals surface area contributed by atoms with Crippen LogP contribution in [0, 0.1) is 5.82 Å². The predicted octanol–water partition coefficient (Wildman–Crippen LogP) is 4.18. The maximum atomic E-state index is 13.7. The van der Waals surface area contributed by atoms with E-state index in [9.17, 15) is 4.39 Å². The van der Waals surface area contributed by atoms with Crippen LogP contribution in [-0.4, -0.2) is 12.0 Å². The standard InChI is InChI=1S/C14H14BrFN2/c1-10(13-5-3-4-6-14(13)16)18(2)12-7-11(15)8-17-9-12/h3-10H,1-2H3. The molecule has 0 aliphatic rings. The lowest BCUT2D eigenvalue weighted by atomic mass is 10.1. The van der Waals surface area contributed by atoms with Crippen molar-refractivity contribution in [3.05, 3.63) is 58.6 Å². The predicted molar refractivity (Wildman–Crippen MR) is 75.2 cm³/mol. The lowest BCUT2D eigenvalue weighted by Gasteiger charge is -2.27. The minimum atomic E-state index is -0.181. The van der Waals surface area contributed by atoms with Crippen LogP contribution in [-0.2, 0) is 0 Å². The van der Waals surface area contributed by atoms with Crippen LogP contribution < -0.4 is 4.90 Å². The first-order valence-electron chi connectivity index (χ1n) is 5.67. The highest BCUT2D eigenvalue weighted by atomic mass is 79.9. The normalized spacial score (nSPS) is 12.2. The Labute approximate surface area is 115 Å². The Balaban J connectivity index is 2.29. The highest BCUT2D eigenvalue weighted by Gasteiger charge is 2.16. The molecule has 0 saturated heterocycles. The summed E-state index contributed by atoms with van der Waals surface area (Å²) in [5.41, 5.74) is 1.63. The zero-order valence-electron chi connectivity index (χ0n) is 10.3. The van der Waals surface area contributed by atoms with Crippen molar-refractivity contribution in [2.75, 3.05) is 11.9 Å². The average molecular weight is 309 g/mol. The molecule has 1 aromatic heterocycles. The third-order valence-electron chi connectivity index (χ3n) is 3.03. The van der Waals surface area contributed by atoms with Crippen LogP contribution in [0.4, 0.5) is 10.1 Å². The van der Waals surface area contributed by atoms with Gasteiger partial charge in [-0.3, -0.25) is 4.98 Å². The van der Waals surface area contributed by atoms with E-state index in [1.807, 2.05) is 37.1 Å². The van der Waals surface area contributed by atoms with E-state index < -0.39 is 0 Å². The lowest BCUT2D eigenvalue weighted by molar-refractivity contribution is 0.585. The van der Waals surface area contributed by atoms with Gasteiger partial charge in [0.25, 0.3) is 0 Å². The summed E-state index contributed by atoms with van der Waals surface area (Å²) in [6.45, 7) is 1.97. The van der Waals surface area contributed by atoms with E-state index in [1.54, 1.807) is 18.5 Å². The number of nitrogens with zero attached hydrogens (tertiary/aromatic N) is 2. The summed E-state index contributed by atoms with van der Waals surface area (Å²) in [6, 6.07) is 8.75. The minimum Gasteiger partial charge on any atom is -0.366 e. The molecule has 0 bridgehead atoms. The van der Waals surface area contributed by atoms with E-state index in [2.05, 4.69) is 20.9 Å². The Morgan fingerprint density at radius 2 is 2.00 bits per heavy atom. The van der Waals surface area contributed by atoms with Gasteiger partial charge in [0.05, 0.1) is 17.9 Å². The molecule has 18 heavy (non-hydrogen) atoms. The molecule has 1 unspecified atom stereocenters. The highest BCUT2D eigenvalue weighted by molar-refractivity contribution is 9.10. The molecule has 1 atom stereocenters. The van der Waals surface area contributed by atoms with Crippen LogP contribution in [0.1, 0.15) is 18.5 Å². The van der Waals surface area contributed by atoms with Crippen LogP contribution in [0.2, 0.25) is 0 Å². The van der Waals surface area contributed by atoms with Crippen LogP contribution in [0.15, 0.2) is 47.2 Å². The summed E-state index contributed by atoms with van der Waals surface area (Å²) in [4.78, 5) is 6.12. The second-order valence-corrected chi connectivity index (χ2v) is 5.09. The zero-order chi connectivity index (χ0) is 13.1. The summed E-state index contributed by atoms with van der Waals surface area (Å²) < 4.78 is 14.7. The summed E-state index contributed by atoms with van der Waals surface area (Å²) in [5.74, 6) is -0.181. The van der Waals surface area contributed by atoms with Crippen molar-refractivity contribution in [2.24, 2.45) is 0 Å². The van der Waals surface area contributed by atoms with Crippen molar-refractivity contribution in [1.82, 2.24) is 4.98 Å². The zero-order valence-corrected chi connectivity index (χ0v) is 11.9. The first-order chi connectivity index (χ1) is 8.59. The van der Waals surface area contributed by atoms with Crippen molar-refractivity contribution in [1.29, 1.82) is 0 Å². The Bertz CT molecular complexity index is 545. The van der Waals surface area contributed by atoms with Crippen LogP contribution >= 0.6 is 15.9 Å². The van der Waals surface area contributed by atoms with Gasteiger partial charge in [0.1, 0.15) is 5.82 Å². The van der Waals surface area contributed by atoms with Gasteiger partial charge in [-0.05, 0) is 35.0 Å². The molecule has 0 spiro atoms. The van der Waals surface area contributed by atoms with Crippen molar-refractivity contribution >= 4 is 21.6 Å². The van der Waals surface area contributed by atoms with Gasteiger partial charge in [0.15, 0.2) is 0 Å². The SMILES string of the molecule is CC(c1ccccc1F)N(C)c1cncc(Br)c1. The fourth-order valence-electron chi connectivity index (χ4n) is 1.84. The molecule has 1 aromatic carbocycles. The second-order valence-electron chi connectivity index (χ2n) is 4.17. The topological polar surface area (TPSA) is 16.1 Å². The van der Waals surface area contributed by atoms with E-state index in [0.29, 0.717) is 5.56 Å². The Kier molecular flexibility index (Phi) is 3.97. The van der Waals surface area contributed by atoms with Crippen molar-refractivity contribution in [3.8, 4) is 0 Å². The summed E-state index contributed by atoms with van der Waals surface area (Å²) in [7, 11) is 1.93. The molecule has 0 N–H and O–H groups in total. The molecule has 0 aliphatic carbocycles. The largest absolute Gasteiger partial charge is 0.366 e. The van der Waals surface area contributed by atoms with Gasteiger partial charge in [-0.15, -0.1) is 0 Å². The molecule has 2 rings (SSSR count). The van der Waals surface area contributed by atoms with Gasteiger partial charge in [-0.2, -0.15) is 0 Å². The summed E-state index contributed by atoms with van der Waals surface area (Å²) in [5, 5.41) is 0. The summed E-state index contributed by atoms with van der Waals surface area (Å²) >= 11 is 3.39. The fraction of sp³-hybridized carbons (Fsp3) is 0.214. The van der Waals surface area contributed by atoms with Crippen LogP contribution in [0.3, 0.4) is 0 Å². The number of anilines is 1. The van der Waals surface area contributed by atoms with Gasteiger partial charge in [-0.1, -0.05) is 18.2 Å². The molecule has 1 heterocycles. The van der Waals surface area contributed by atoms with Crippen molar-refractivity contribution in [2.45, 2.75) is 13.0 Å². The molecule has 0 fully saturated rings. The molecular formula is C14H14BrFN2. The smallest absolute Gasteiger partial charge is 0.128 e. The summed E-state index contributed by atoms with van der Waals surface area (Å²) in [6.07, 6.45) is 3.49. The molecule has 0 aliphatic heterocycles. The maximum Gasteiger partial charge on any atom is 0.128 e. The number of hydrogen-bond donors (Lipinski definition) is 0. The Morgan fingerprint density at radius 3 is 2.67 bits per heavy atom. The van der Waals surface area contributed by atoms with Gasteiger partial charge >= 0.3 is 0 Å². The number of benzene rings is 1. The molecule has 0 radical (unpaired) electrons. The maximum absolute atomic E-state index is 13.7. The number of hydrogen-bond acceptors (Lipinski definition) is 2. The fourth-order valence-corrected chi connectivity index (χ4v) is 2.19. The number of pyridine rings is 1. The third-order valence-corrected chi connectivity index (χ3v) is 3.47. The first kappa shape index (κ1) is 13.0. The minimum absolute atomic E-state index is 0.0534. The molecule has 94 valence electrons. The van der Waals surface area contributed by atoms with E-state index in [-0.39, 0.29) is 11.9 Å². The van der Waals surface area contributed by atoms with Gasteiger partial charge in [-0.25, -0.2) is 4.39 Å². The average Bonchev–Trinajstić information content (AvgIpc) is 2.37. The quantitative estimate of drug-likeness (QED) is 0.845. The highest BCUT2D eigenvalue weighted by Crippen LogP contribution is 2.27. The van der Waals surface area contributed by atoms with Crippen LogP contribution in [0.25, 0.3) is 0 Å². The van der Waals surface area contributed by atoms with E-state index in [0.717, 1.165) is 10.2 Å². The third kappa shape index (κ3) is 2.70. The molecule has 0 amide bonds. The number of rotatable bonds is 3. The lowest BCUT2D eigenvalue weighted by Crippen LogP contribution is -2.22. The van der Waals surface area contributed by atoms with Gasteiger partial charge in [0.2, 0.25) is 0 Å². The van der Waals surface area contributed by atoms with Gasteiger partial charge < -0.3 is 4.90 Å². The molecular weight excluding hydrogens is 295 g/mol. The van der Waals surface area contributed by atoms with Crippen molar-refractivity contribution in [3.63, 3.8) is 0 Å². The van der Waals surface area contributed by atoms with E-state index in [4.69, 9.17) is 0 Å². The Hall–Kier alpha value is -1.42. The molecule has 4 heteroatoms. The molecule has 0 saturated carbocycles. The van der Waals surface area contributed by atoms with Crippen molar-refractivity contribution < 1.29 is 4.39 Å². The Morgan fingerprint density at radius 1 is 1.28 bits per heavy atom. The first-order valence-corrected chi connectivity index (χ1v) is 6.46. The number of aromatic nitrogens is 1. The van der Waals surface area contributed by atoms with Gasteiger partial charge in [0, 0.05) is 23.3 Å². The van der Waals surface area contributed by atoms with E-state index in [1.165, 1.54) is 6.07 Å².